The predicted octanol–water partition coefficient (Wildman–Crippen LogP) is 4.59. The molecule has 0 saturated heterocycles. The fourth-order valence-corrected chi connectivity index (χ4v) is 3.92. The molecule has 2 rings (SSSR count). The van der Waals surface area contributed by atoms with E-state index in [2.05, 4.69) is 60.8 Å². The van der Waals surface area contributed by atoms with Crippen LogP contribution in [0.15, 0.2) is 38.6 Å². The van der Waals surface area contributed by atoms with Crippen LogP contribution >= 0.6 is 43.2 Å². The van der Waals surface area contributed by atoms with Crippen molar-refractivity contribution in [1.82, 2.24) is 5.32 Å². The number of halogens is 2. The van der Waals surface area contributed by atoms with Gasteiger partial charge in [-0.05, 0) is 61.0 Å². The summed E-state index contributed by atoms with van der Waals surface area (Å²) < 4.78 is 12.8. The SMILES string of the molecule is COCCNCc1cc(Br)c(OCc2cccs2)c(Br)c1. The van der Waals surface area contributed by atoms with Crippen LogP contribution in [-0.4, -0.2) is 20.3 Å². The van der Waals surface area contributed by atoms with Gasteiger partial charge < -0.3 is 14.8 Å². The molecule has 0 aliphatic heterocycles. The molecule has 1 heterocycles. The molecule has 2 aromatic rings. The van der Waals surface area contributed by atoms with Crippen LogP contribution in [0.4, 0.5) is 0 Å². The van der Waals surface area contributed by atoms with E-state index in [1.54, 1.807) is 18.4 Å². The van der Waals surface area contributed by atoms with Crippen molar-refractivity contribution in [2.24, 2.45) is 0 Å². The first-order valence-corrected chi connectivity index (χ1v) is 9.00. The van der Waals surface area contributed by atoms with E-state index in [0.717, 1.165) is 27.8 Å². The van der Waals surface area contributed by atoms with E-state index < -0.39 is 0 Å². The van der Waals surface area contributed by atoms with Gasteiger partial charge in [0.1, 0.15) is 12.4 Å². The fraction of sp³-hybridized carbons (Fsp3) is 0.333. The molecule has 0 spiro atoms. The Labute approximate surface area is 145 Å². The van der Waals surface area contributed by atoms with Gasteiger partial charge in [-0.25, -0.2) is 0 Å². The zero-order valence-electron chi connectivity index (χ0n) is 11.7. The number of rotatable bonds is 8. The van der Waals surface area contributed by atoms with Crippen molar-refractivity contribution in [2.75, 3.05) is 20.3 Å². The van der Waals surface area contributed by atoms with E-state index >= 15 is 0 Å². The maximum absolute atomic E-state index is 5.89. The molecular formula is C15H17Br2NO2S. The molecule has 0 aliphatic rings. The Balaban J connectivity index is 1.96. The number of thiophene rings is 1. The van der Waals surface area contributed by atoms with Gasteiger partial charge in [-0.3, -0.25) is 0 Å². The van der Waals surface area contributed by atoms with Gasteiger partial charge >= 0.3 is 0 Å². The van der Waals surface area contributed by atoms with E-state index in [-0.39, 0.29) is 0 Å². The molecule has 0 radical (unpaired) electrons. The summed E-state index contributed by atoms with van der Waals surface area (Å²) in [6.07, 6.45) is 0. The van der Waals surface area contributed by atoms with Gasteiger partial charge in [-0.1, -0.05) is 6.07 Å². The van der Waals surface area contributed by atoms with E-state index in [1.165, 1.54) is 10.4 Å². The molecule has 0 aliphatic carbocycles. The molecule has 0 saturated carbocycles. The number of hydrogen-bond acceptors (Lipinski definition) is 4. The molecule has 1 aromatic carbocycles. The second-order valence-electron chi connectivity index (χ2n) is 4.43. The van der Waals surface area contributed by atoms with Crippen molar-refractivity contribution in [2.45, 2.75) is 13.2 Å². The molecule has 1 aromatic heterocycles. The summed E-state index contributed by atoms with van der Waals surface area (Å²) >= 11 is 8.86. The monoisotopic (exact) mass is 433 g/mol. The van der Waals surface area contributed by atoms with Gasteiger partial charge in [-0.15, -0.1) is 11.3 Å². The van der Waals surface area contributed by atoms with Crippen molar-refractivity contribution >= 4 is 43.2 Å². The smallest absolute Gasteiger partial charge is 0.148 e. The Kier molecular flexibility index (Phi) is 7.19. The molecule has 114 valence electrons. The van der Waals surface area contributed by atoms with Gasteiger partial charge in [0.2, 0.25) is 0 Å². The molecule has 0 amide bonds. The van der Waals surface area contributed by atoms with Crippen molar-refractivity contribution < 1.29 is 9.47 Å². The minimum Gasteiger partial charge on any atom is -0.486 e. The number of methoxy groups -OCH3 is 1. The highest BCUT2D eigenvalue weighted by Gasteiger charge is 2.09. The predicted molar refractivity (Wildman–Crippen MR) is 94.1 cm³/mol. The quantitative estimate of drug-likeness (QED) is 0.616. The lowest BCUT2D eigenvalue weighted by Gasteiger charge is -2.12. The molecule has 0 atom stereocenters. The summed E-state index contributed by atoms with van der Waals surface area (Å²) in [5, 5.41) is 5.38. The van der Waals surface area contributed by atoms with Crippen molar-refractivity contribution in [3.63, 3.8) is 0 Å². The van der Waals surface area contributed by atoms with Crippen molar-refractivity contribution in [1.29, 1.82) is 0 Å². The first-order chi connectivity index (χ1) is 10.2. The number of nitrogens with one attached hydrogen (secondary N) is 1. The summed E-state index contributed by atoms with van der Waals surface area (Å²) in [6.45, 7) is 2.93. The standard InChI is InChI=1S/C15H17Br2NO2S/c1-19-5-4-18-9-11-7-13(16)15(14(17)8-11)20-10-12-3-2-6-21-12/h2-3,6-8,18H,4-5,9-10H2,1H3. The molecular weight excluding hydrogens is 418 g/mol. The Hall–Kier alpha value is -0.400. The minimum atomic E-state index is 0.584. The minimum absolute atomic E-state index is 0.584. The second-order valence-corrected chi connectivity index (χ2v) is 7.17. The van der Waals surface area contributed by atoms with Gasteiger partial charge in [0.05, 0.1) is 15.6 Å². The molecule has 21 heavy (non-hydrogen) atoms. The number of benzene rings is 1. The van der Waals surface area contributed by atoms with Crippen LogP contribution in [0, 0.1) is 0 Å². The van der Waals surface area contributed by atoms with Crippen LogP contribution in [0.5, 0.6) is 5.75 Å². The maximum Gasteiger partial charge on any atom is 0.148 e. The zero-order valence-corrected chi connectivity index (χ0v) is 15.7. The van der Waals surface area contributed by atoms with Crippen LogP contribution in [0.1, 0.15) is 10.4 Å². The number of ether oxygens (including phenoxy) is 2. The lowest BCUT2D eigenvalue weighted by molar-refractivity contribution is 0.199. The molecule has 0 unspecified atom stereocenters. The Morgan fingerprint density at radius 1 is 1.24 bits per heavy atom. The topological polar surface area (TPSA) is 30.5 Å². The van der Waals surface area contributed by atoms with Gasteiger partial charge in [0.15, 0.2) is 0 Å². The lowest BCUT2D eigenvalue weighted by atomic mass is 10.2. The molecule has 1 N–H and O–H groups in total. The Morgan fingerprint density at radius 2 is 2.00 bits per heavy atom. The first-order valence-electron chi connectivity index (χ1n) is 6.53. The molecule has 0 bridgehead atoms. The van der Waals surface area contributed by atoms with E-state index in [4.69, 9.17) is 9.47 Å². The third kappa shape index (κ3) is 5.38. The highest BCUT2D eigenvalue weighted by Crippen LogP contribution is 2.35. The Bertz CT molecular complexity index is 538. The van der Waals surface area contributed by atoms with Crippen LogP contribution in [0.25, 0.3) is 0 Å². The zero-order chi connectivity index (χ0) is 15.1. The highest BCUT2D eigenvalue weighted by atomic mass is 79.9. The average Bonchev–Trinajstić information content (AvgIpc) is 2.96. The summed E-state index contributed by atoms with van der Waals surface area (Å²) in [5.74, 6) is 0.837. The maximum atomic E-state index is 5.89. The average molecular weight is 435 g/mol. The van der Waals surface area contributed by atoms with Crippen LogP contribution in [0.2, 0.25) is 0 Å². The van der Waals surface area contributed by atoms with E-state index in [9.17, 15) is 0 Å². The van der Waals surface area contributed by atoms with Gasteiger partial charge in [-0.2, -0.15) is 0 Å². The third-order valence-corrected chi connectivity index (χ3v) is 4.84. The van der Waals surface area contributed by atoms with Crippen LogP contribution in [0.3, 0.4) is 0 Å². The highest BCUT2D eigenvalue weighted by molar-refractivity contribution is 9.11. The summed E-state index contributed by atoms with van der Waals surface area (Å²) in [4.78, 5) is 1.21. The normalized spacial score (nSPS) is 10.8. The van der Waals surface area contributed by atoms with Crippen molar-refractivity contribution in [3.8, 4) is 5.75 Å². The molecule has 0 fully saturated rings. The third-order valence-electron chi connectivity index (χ3n) is 2.81. The Morgan fingerprint density at radius 3 is 2.62 bits per heavy atom. The van der Waals surface area contributed by atoms with Gasteiger partial charge in [0.25, 0.3) is 0 Å². The molecule has 6 heteroatoms. The van der Waals surface area contributed by atoms with Crippen LogP contribution in [-0.2, 0) is 17.9 Å². The van der Waals surface area contributed by atoms with E-state index in [1.807, 2.05) is 6.07 Å². The first kappa shape index (κ1) is 17.0. The summed E-state index contributed by atoms with van der Waals surface area (Å²) in [7, 11) is 1.70. The lowest BCUT2D eigenvalue weighted by Crippen LogP contribution is -2.18. The number of hydrogen-bond donors (Lipinski definition) is 1. The summed E-state index contributed by atoms with van der Waals surface area (Å²) in [6, 6.07) is 8.26. The summed E-state index contributed by atoms with van der Waals surface area (Å²) in [5.41, 5.74) is 1.19. The second kappa shape index (κ2) is 8.90. The largest absolute Gasteiger partial charge is 0.486 e. The van der Waals surface area contributed by atoms with E-state index in [0.29, 0.717) is 13.2 Å². The fourth-order valence-electron chi connectivity index (χ4n) is 1.80. The van der Waals surface area contributed by atoms with Crippen LogP contribution < -0.4 is 10.1 Å². The molecule has 3 nitrogen and oxygen atoms in total. The van der Waals surface area contributed by atoms with Gasteiger partial charge in [0, 0.05) is 25.1 Å². The van der Waals surface area contributed by atoms with Crippen molar-refractivity contribution in [3.05, 3.63) is 49.0 Å².